The second kappa shape index (κ2) is 4.64. The van der Waals surface area contributed by atoms with Crippen LogP contribution < -0.4 is 4.90 Å². The highest BCUT2D eigenvalue weighted by molar-refractivity contribution is 5.54. The van der Waals surface area contributed by atoms with Crippen LogP contribution >= 0.6 is 0 Å². The Morgan fingerprint density at radius 3 is 2.16 bits per heavy atom. The van der Waals surface area contributed by atoms with E-state index in [4.69, 9.17) is 0 Å². The SMILES string of the molecule is Cc1nn(-c2nccnc2N2CCCC2)c(C)c1C. The lowest BCUT2D eigenvalue weighted by atomic mass is 10.2. The molecular weight excluding hydrogens is 238 g/mol. The van der Waals surface area contributed by atoms with Gasteiger partial charge in [0.2, 0.25) is 0 Å². The predicted octanol–water partition coefficient (Wildman–Crippen LogP) is 2.19. The summed E-state index contributed by atoms with van der Waals surface area (Å²) in [5, 5.41) is 4.60. The summed E-state index contributed by atoms with van der Waals surface area (Å²) in [4.78, 5) is 11.3. The van der Waals surface area contributed by atoms with Crippen LogP contribution in [0, 0.1) is 20.8 Å². The monoisotopic (exact) mass is 257 g/mol. The molecule has 0 aromatic carbocycles. The summed E-state index contributed by atoms with van der Waals surface area (Å²) in [6, 6.07) is 0. The average Bonchev–Trinajstić information content (AvgIpc) is 3.04. The number of anilines is 1. The Labute approximate surface area is 113 Å². The van der Waals surface area contributed by atoms with Gasteiger partial charge in [0, 0.05) is 31.2 Å². The van der Waals surface area contributed by atoms with Gasteiger partial charge in [0.1, 0.15) is 0 Å². The molecule has 2 aromatic rings. The van der Waals surface area contributed by atoms with E-state index >= 15 is 0 Å². The van der Waals surface area contributed by atoms with Gasteiger partial charge in [0.05, 0.1) is 5.69 Å². The molecule has 5 nitrogen and oxygen atoms in total. The normalized spacial score (nSPS) is 15.2. The number of hydrogen-bond donors (Lipinski definition) is 0. The second-order valence-electron chi connectivity index (χ2n) is 5.11. The molecule has 1 saturated heterocycles. The van der Waals surface area contributed by atoms with Gasteiger partial charge < -0.3 is 4.90 Å². The molecule has 0 bridgehead atoms. The lowest BCUT2D eigenvalue weighted by Gasteiger charge is -2.19. The van der Waals surface area contributed by atoms with Gasteiger partial charge in [-0.3, -0.25) is 0 Å². The van der Waals surface area contributed by atoms with Crippen LogP contribution in [-0.4, -0.2) is 32.8 Å². The van der Waals surface area contributed by atoms with Crippen molar-refractivity contribution in [3.8, 4) is 5.82 Å². The van der Waals surface area contributed by atoms with E-state index in [-0.39, 0.29) is 0 Å². The van der Waals surface area contributed by atoms with E-state index < -0.39 is 0 Å². The summed E-state index contributed by atoms with van der Waals surface area (Å²) >= 11 is 0. The summed E-state index contributed by atoms with van der Waals surface area (Å²) in [5.74, 6) is 1.80. The smallest absolute Gasteiger partial charge is 0.197 e. The molecule has 1 fully saturated rings. The Balaban J connectivity index is 2.11. The molecule has 0 saturated carbocycles. The quantitative estimate of drug-likeness (QED) is 0.827. The van der Waals surface area contributed by atoms with E-state index in [1.165, 1.54) is 18.4 Å². The highest BCUT2D eigenvalue weighted by Crippen LogP contribution is 2.25. The topological polar surface area (TPSA) is 46.8 Å². The van der Waals surface area contributed by atoms with E-state index in [0.29, 0.717) is 0 Å². The second-order valence-corrected chi connectivity index (χ2v) is 5.11. The highest BCUT2D eigenvalue weighted by atomic mass is 15.4. The minimum atomic E-state index is 0.845. The molecule has 0 radical (unpaired) electrons. The molecule has 0 spiro atoms. The van der Waals surface area contributed by atoms with Gasteiger partial charge in [-0.05, 0) is 39.2 Å². The Hall–Kier alpha value is -1.91. The maximum atomic E-state index is 4.60. The first kappa shape index (κ1) is 12.1. The van der Waals surface area contributed by atoms with Crippen LogP contribution in [0.1, 0.15) is 29.8 Å². The molecule has 0 amide bonds. The summed E-state index contributed by atoms with van der Waals surface area (Å²) in [6.07, 6.45) is 5.95. The minimum absolute atomic E-state index is 0.845. The van der Waals surface area contributed by atoms with Crippen LogP contribution in [0.15, 0.2) is 12.4 Å². The zero-order valence-corrected chi connectivity index (χ0v) is 11.7. The van der Waals surface area contributed by atoms with Crippen molar-refractivity contribution < 1.29 is 0 Å². The molecule has 3 rings (SSSR count). The molecule has 1 aliphatic rings. The standard InChI is InChI=1S/C14H19N5/c1-10-11(2)17-19(12(10)3)14-13(15-6-7-16-14)18-8-4-5-9-18/h6-7H,4-5,8-9H2,1-3H3. The Kier molecular flexibility index (Phi) is 2.97. The van der Waals surface area contributed by atoms with Crippen molar-refractivity contribution in [1.82, 2.24) is 19.7 Å². The third kappa shape index (κ3) is 1.99. The van der Waals surface area contributed by atoms with Gasteiger partial charge in [0.25, 0.3) is 0 Å². The number of rotatable bonds is 2. The van der Waals surface area contributed by atoms with Crippen molar-refractivity contribution in [2.45, 2.75) is 33.6 Å². The first-order valence-corrected chi connectivity index (χ1v) is 6.77. The van der Waals surface area contributed by atoms with E-state index in [1.807, 2.05) is 11.6 Å². The fourth-order valence-electron chi connectivity index (χ4n) is 2.55. The number of aryl methyl sites for hydroxylation is 1. The van der Waals surface area contributed by atoms with Crippen LogP contribution in [0.4, 0.5) is 5.82 Å². The number of aromatic nitrogens is 4. The van der Waals surface area contributed by atoms with Crippen molar-refractivity contribution in [3.63, 3.8) is 0 Å². The predicted molar refractivity (Wildman–Crippen MR) is 74.8 cm³/mol. The fraction of sp³-hybridized carbons (Fsp3) is 0.500. The molecule has 1 aliphatic heterocycles. The van der Waals surface area contributed by atoms with Crippen LogP contribution in [0.25, 0.3) is 5.82 Å². The zero-order valence-electron chi connectivity index (χ0n) is 11.7. The summed E-state index contributed by atoms with van der Waals surface area (Å²) < 4.78 is 1.92. The highest BCUT2D eigenvalue weighted by Gasteiger charge is 2.21. The third-order valence-electron chi connectivity index (χ3n) is 3.92. The average molecular weight is 257 g/mol. The van der Waals surface area contributed by atoms with E-state index in [1.54, 1.807) is 12.4 Å². The van der Waals surface area contributed by atoms with Crippen LogP contribution in [-0.2, 0) is 0 Å². The molecule has 19 heavy (non-hydrogen) atoms. The van der Waals surface area contributed by atoms with Crippen molar-refractivity contribution in [1.29, 1.82) is 0 Å². The maximum Gasteiger partial charge on any atom is 0.197 e. The van der Waals surface area contributed by atoms with Crippen molar-refractivity contribution >= 4 is 5.82 Å². The van der Waals surface area contributed by atoms with Crippen molar-refractivity contribution in [3.05, 3.63) is 29.3 Å². The van der Waals surface area contributed by atoms with Crippen molar-refractivity contribution in [2.24, 2.45) is 0 Å². The Bertz CT molecular complexity index is 596. The molecule has 3 heterocycles. The molecule has 5 heteroatoms. The van der Waals surface area contributed by atoms with Crippen LogP contribution in [0.3, 0.4) is 0 Å². The van der Waals surface area contributed by atoms with Crippen LogP contribution in [0.2, 0.25) is 0 Å². The van der Waals surface area contributed by atoms with E-state index in [9.17, 15) is 0 Å². The van der Waals surface area contributed by atoms with Crippen molar-refractivity contribution in [2.75, 3.05) is 18.0 Å². The molecular formula is C14H19N5. The number of nitrogens with zero attached hydrogens (tertiary/aromatic N) is 5. The molecule has 100 valence electrons. The largest absolute Gasteiger partial charge is 0.353 e. The number of hydrogen-bond acceptors (Lipinski definition) is 4. The lowest BCUT2D eigenvalue weighted by molar-refractivity contribution is 0.784. The molecule has 0 atom stereocenters. The van der Waals surface area contributed by atoms with Gasteiger partial charge in [-0.2, -0.15) is 5.10 Å². The van der Waals surface area contributed by atoms with Crippen LogP contribution in [0.5, 0.6) is 0 Å². The zero-order chi connectivity index (χ0) is 13.4. The maximum absolute atomic E-state index is 4.60. The van der Waals surface area contributed by atoms with Gasteiger partial charge in [-0.25, -0.2) is 14.6 Å². The summed E-state index contributed by atoms with van der Waals surface area (Å²) in [7, 11) is 0. The fourth-order valence-corrected chi connectivity index (χ4v) is 2.55. The third-order valence-corrected chi connectivity index (χ3v) is 3.92. The Morgan fingerprint density at radius 2 is 1.58 bits per heavy atom. The van der Waals surface area contributed by atoms with E-state index in [2.05, 4.69) is 33.8 Å². The van der Waals surface area contributed by atoms with Gasteiger partial charge in [-0.15, -0.1) is 0 Å². The van der Waals surface area contributed by atoms with Gasteiger partial charge in [-0.1, -0.05) is 0 Å². The molecule has 2 aromatic heterocycles. The van der Waals surface area contributed by atoms with E-state index in [0.717, 1.165) is 36.1 Å². The minimum Gasteiger partial charge on any atom is -0.353 e. The molecule has 0 unspecified atom stereocenters. The summed E-state index contributed by atoms with van der Waals surface area (Å²) in [5.41, 5.74) is 3.41. The first-order valence-electron chi connectivity index (χ1n) is 6.77. The lowest BCUT2D eigenvalue weighted by Crippen LogP contribution is -2.22. The molecule has 0 aliphatic carbocycles. The van der Waals surface area contributed by atoms with Gasteiger partial charge >= 0.3 is 0 Å². The first-order chi connectivity index (χ1) is 9.18. The summed E-state index contributed by atoms with van der Waals surface area (Å²) in [6.45, 7) is 8.33. The Morgan fingerprint density at radius 1 is 0.947 bits per heavy atom. The van der Waals surface area contributed by atoms with Gasteiger partial charge in [0.15, 0.2) is 11.6 Å². The molecule has 0 N–H and O–H groups in total.